The summed E-state index contributed by atoms with van der Waals surface area (Å²) >= 11 is 0. The lowest BCUT2D eigenvalue weighted by Crippen LogP contribution is -2.61. The molecule has 0 saturated carbocycles. The van der Waals surface area contributed by atoms with Crippen molar-refractivity contribution in [3.8, 4) is 0 Å². The lowest BCUT2D eigenvalue weighted by atomic mass is 10.2. The Hall–Kier alpha value is -0.586. The minimum Gasteiger partial charge on any atom is -0.373 e. The molecule has 0 bridgehead atoms. The zero-order valence-corrected chi connectivity index (χ0v) is 15.7. The van der Waals surface area contributed by atoms with Crippen LogP contribution in [-0.4, -0.2) is 60.3 Å². The molecule has 0 aliphatic carbocycles. The molecule has 1 aromatic rings. The van der Waals surface area contributed by atoms with Crippen molar-refractivity contribution in [1.29, 1.82) is 0 Å². The minimum absolute atomic E-state index is 0.871. The summed E-state index contributed by atoms with van der Waals surface area (Å²) in [4.78, 5) is 0. The molecule has 0 saturated heterocycles. The maximum atomic E-state index is 5.56. The van der Waals surface area contributed by atoms with Crippen molar-refractivity contribution >= 4 is 28.0 Å². The number of rotatable bonds is 8. The van der Waals surface area contributed by atoms with Crippen molar-refractivity contribution < 1.29 is 26.6 Å². The molecule has 0 amide bonds. The molecule has 0 aromatic heterocycles. The van der Waals surface area contributed by atoms with E-state index in [1.54, 1.807) is 42.7 Å². The van der Waals surface area contributed by atoms with Gasteiger partial charge in [0.2, 0.25) is 0 Å². The van der Waals surface area contributed by atoms with Crippen LogP contribution in [0.2, 0.25) is 0 Å². The van der Waals surface area contributed by atoms with Crippen molar-refractivity contribution in [3.63, 3.8) is 0 Å². The fraction of sp³-hybridized carbons (Fsp3) is 0.538. The van der Waals surface area contributed by atoms with E-state index in [-0.39, 0.29) is 0 Å². The first-order valence-electron chi connectivity index (χ1n) is 6.42. The smallest absolute Gasteiger partial charge is 0.373 e. The Kier molecular flexibility index (Phi) is 6.69. The molecule has 1 aromatic carbocycles. The summed E-state index contributed by atoms with van der Waals surface area (Å²) in [6, 6.07) is 5.76. The van der Waals surface area contributed by atoms with Crippen molar-refractivity contribution in [2.24, 2.45) is 0 Å². The van der Waals surface area contributed by atoms with Gasteiger partial charge in [0.1, 0.15) is 0 Å². The van der Waals surface area contributed by atoms with Crippen LogP contribution in [-0.2, 0) is 26.6 Å². The standard InChI is InChI=1S/C13H24O6Si2/c1-11-12(20(14-2,15-3)16-4)9-8-10-13(11)21(17-5,18-6)19-7/h8-10H,1-7H3. The predicted molar refractivity (Wildman–Crippen MR) is 84.0 cm³/mol. The van der Waals surface area contributed by atoms with Gasteiger partial charge in [-0.3, -0.25) is 0 Å². The van der Waals surface area contributed by atoms with Gasteiger partial charge >= 0.3 is 17.6 Å². The van der Waals surface area contributed by atoms with Crippen LogP contribution in [0.5, 0.6) is 0 Å². The second-order valence-electron chi connectivity index (χ2n) is 4.32. The first kappa shape index (κ1) is 18.5. The molecule has 6 nitrogen and oxygen atoms in total. The van der Waals surface area contributed by atoms with E-state index in [9.17, 15) is 0 Å². The summed E-state index contributed by atoms with van der Waals surface area (Å²) in [5.41, 5.74) is 0.937. The molecule has 0 aliphatic rings. The second kappa shape index (κ2) is 7.61. The molecule has 0 spiro atoms. The summed E-state index contributed by atoms with van der Waals surface area (Å²) in [6.07, 6.45) is 0. The molecule has 1 rings (SSSR count). The van der Waals surface area contributed by atoms with Gasteiger partial charge in [0.25, 0.3) is 0 Å². The predicted octanol–water partition coefficient (Wildman–Crippen LogP) is 0.165. The Bertz CT molecular complexity index is 405. The van der Waals surface area contributed by atoms with Crippen molar-refractivity contribution in [3.05, 3.63) is 23.8 Å². The summed E-state index contributed by atoms with van der Waals surface area (Å²) in [7, 11) is 3.63. The molecule has 0 atom stereocenters. The molecule has 0 unspecified atom stereocenters. The molecule has 120 valence electrons. The van der Waals surface area contributed by atoms with Gasteiger partial charge in [0, 0.05) is 53.0 Å². The lowest BCUT2D eigenvalue weighted by molar-refractivity contribution is 0.139. The quantitative estimate of drug-likeness (QED) is 0.633. The molecule has 0 heterocycles. The van der Waals surface area contributed by atoms with Gasteiger partial charge in [-0.1, -0.05) is 18.2 Å². The second-order valence-corrected chi connectivity index (χ2v) is 10.1. The van der Waals surface area contributed by atoms with Crippen LogP contribution in [0.15, 0.2) is 18.2 Å². The number of hydrogen-bond donors (Lipinski definition) is 0. The fourth-order valence-corrected chi connectivity index (χ4v) is 6.69. The van der Waals surface area contributed by atoms with Crippen LogP contribution in [0, 0.1) is 6.92 Å². The molecule has 8 heteroatoms. The van der Waals surface area contributed by atoms with Crippen LogP contribution in [0.3, 0.4) is 0 Å². The average molecular weight is 333 g/mol. The van der Waals surface area contributed by atoms with Crippen LogP contribution in [0.25, 0.3) is 0 Å². The highest BCUT2D eigenvalue weighted by Gasteiger charge is 2.47. The summed E-state index contributed by atoms with van der Waals surface area (Å²) in [5, 5.41) is 1.74. The van der Waals surface area contributed by atoms with Gasteiger partial charge in [-0.25, -0.2) is 0 Å². The van der Waals surface area contributed by atoms with E-state index < -0.39 is 17.6 Å². The Morgan fingerprint density at radius 1 is 0.619 bits per heavy atom. The van der Waals surface area contributed by atoms with E-state index in [0.717, 1.165) is 15.9 Å². The van der Waals surface area contributed by atoms with Gasteiger partial charge in [-0.05, 0) is 12.5 Å². The Morgan fingerprint density at radius 3 is 1.14 bits per heavy atom. The fourth-order valence-electron chi connectivity index (χ4n) is 2.46. The maximum absolute atomic E-state index is 5.56. The van der Waals surface area contributed by atoms with E-state index in [4.69, 9.17) is 26.6 Å². The topological polar surface area (TPSA) is 55.4 Å². The molecule has 0 aliphatic heterocycles. The minimum atomic E-state index is -2.93. The molecule has 0 N–H and O–H groups in total. The lowest BCUT2D eigenvalue weighted by Gasteiger charge is -2.30. The molecule has 21 heavy (non-hydrogen) atoms. The van der Waals surface area contributed by atoms with E-state index >= 15 is 0 Å². The van der Waals surface area contributed by atoms with Gasteiger partial charge in [-0.15, -0.1) is 0 Å². The highest BCUT2D eigenvalue weighted by molar-refractivity contribution is 6.79. The highest BCUT2D eigenvalue weighted by atomic mass is 28.4. The zero-order valence-electron chi connectivity index (χ0n) is 13.7. The Labute approximate surface area is 128 Å². The van der Waals surface area contributed by atoms with E-state index in [0.29, 0.717) is 0 Å². The molecular formula is C13H24O6Si2. The average Bonchev–Trinajstić information content (AvgIpc) is 2.54. The van der Waals surface area contributed by atoms with E-state index in [1.165, 1.54) is 0 Å². The van der Waals surface area contributed by atoms with Gasteiger partial charge in [-0.2, -0.15) is 0 Å². The number of hydrogen-bond acceptors (Lipinski definition) is 6. The third-order valence-corrected chi connectivity index (χ3v) is 9.23. The first-order chi connectivity index (χ1) is 10.0. The Morgan fingerprint density at radius 2 is 0.905 bits per heavy atom. The van der Waals surface area contributed by atoms with Gasteiger partial charge in [0.15, 0.2) is 0 Å². The largest absolute Gasteiger partial charge is 0.536 e. The van der Waals surface area contributed by atoms with Gasteiger partial charge in [0.05, 0.1) is 0 Å². The monoisotopic (exact) mass is 332 g/mol. The maximum Gasteiger partial charge on any atom is 0.536 e. The summed E-state index contributed by atoms with van der Waals surface area (Å²) < 4.78 is 33.4. The highest BCUT2D eigenvalue weighted by Crippen LogP contribution is 2.14. The van der Waals surface area contributed by atoms with Crippen molar-refractivity contribution in [1.82, 2.24) is 0 Å². The van der Waals surface area contributed by atoms with Crippen molar-refractivity contribution in [2.75, 3.05) is 42.7 Å². The summed E-state index contributed by atoms with van der Waals surface area (Å²) in [5.74, 6) is 0. The van der Waals surface area contributed by atoms with Crippen LogP contribution >= 0.6 is 0 Å². The van der Waals surface area contributed by atoms with Crippen LogP contribution in [0.4, 0.5) is 0 Å². The molecule has 0 fully saturated rings. The first-order valence-corrected chi connectivity index (χ1v) is 9.87. The van der Waals surface area contributed by atoms with Crippen LogP contribution < -0.4 is 10.4 Å². The molecule has 0 radical (unpaired) electrons. The third-order valence-electron chi connectivity index (χ3n) is 3.61. The SMILES string of the molecule is CO[Si](OC)(OC)c1cccc([Si](OC)(OC)OC)c1C. The van der Waals surface area contributed by atoms with E-state index in [1.807, 2.05) is 25.1 Å². The molecular weight excluding hydrogens is 308 g/mol. The Balaban J connectivity index is 3.52. The number of benzene rings is 1. The van der Waals surface area contributed by atoms with Crippen molar-refractivity contribution in [2.45, 2.75) is 6.92 Å². The third kappa shape index (κ3) is 3.12. The van der Waals surface area contributed by atoms with Gasteiger partial charge < -0.3 is 26.6 Å². The van der Waals surface area contributed by atoms with Crippen LogP contribution in [0.1, 0.15) is 5.56 Å². The zero-order chi connectivity index (χ0) is 16.1. The normalized spacial score (nSPS) is 12.7. The summed E-state index contributed by atoms with van der Waals surface area (Å²) in [6.45, 7) is 1.96. The van der Waals surface area contributed by atoms with E-state index in [2.05, 4.69) is 0 Å².